The normalized spacial score (nSPS) is 14.6. The fourth-order valence-corrected chi connectivity index (χ4v) is 4.52. The fourth-order valence-electron chi connectivity index (χ4n) is 4.52. The van der Waals surface area contributed by atoms with Gasteiger partial charge in [0.15, 0.2) is 0 Å². The molecule has 2 aliphatic rings. The highest BCUT2D eigenvalue weighted by Crippen LogP contribution is 2.38. The highest BCUT2D eigenvalue weighted by molar-refractivity contribution is 5.73. The minimum atomic E-state index is -0.492. The van der Waals surface area contributed by atoms with E-state index in [2.05, 4.69) is 43.8 Å². The predicted molar refractivity (Wildman–Crippen MR) is 130 cm³/mol. The quantitative estimate of drug-likeness (QED) is 0.555. The first-order valence-corrected chi connectivity index (χ1v) is 11.5. The summed E-state index contributed by atoms with van der Waals surface area (Å²) in [6.07, 6.45) is 4.39. The lowest BCUT2D eigenvalue weighted by Crippen LogP contribution is -2.34. The third-order valence-corrected chi connectivity index (χ3v) is 6.45. The number of pyridine rings is 1. The zero-order chi connectivity index (χ0) is 24.5. The summed E-state index contributed by atoms with van der Waals surface area (Å²) in [4.78, 5) is 29.6. The van der Waals surface area contributed by atoms with E-state index >= 15 is 0 Å². The number of hydrogen-bond acceptors (Lipinski definition) is 9. The molecule has 0 saturated heterocycles. The number of methoxy groups -OCH3 is 1. The Kier molecular flexibility index (Phi) is 6.10. The number of benzene rings is 1. The molecule has 0 saturated carbocycles. The second-order valence-corrected chi connectivity index (χ2v) is 8.71. The second-order valence-electron chi connectivity index (χ2n) is 8.71. The molecule has 0 spiro atoms. The van der Waals surface area contributed by atoms with E-state index < -0.39 is 11.8 Å². The van der Waals surface area contributed by atoms with Gasteiger partial charge in [0.25, 0.3) is 0 Å². The van der Waals surface area contributed by atoms with E-state index in [4.69, 9.17) is 9.72 Å². The second kappa shape index (κ2) is 9.36. The SMILES string of the molecule is COC(=O)Cc1ccc(Nc2ncc3c(n2)CN(c2cnc4c(c2C)N(C)CCO4)CC3)cc1F. The van der Waals surface area contributed by atoms with Gasteiger partial charge in [-0.25, -0.2) is 19.3 Å². The summed E-state index contributed by atoms with van der Waals surface area (Å²) >= 11 is 0. The summed E-state index contributed by atoms with van der Waals surface area (Å²) in [5, 5.41) is 3.07. The molecule has 0 bridgehead atoms. The lowest BCUT2D eigenvalue weighted by molar-refractivity contribution is -0.139. The first kappa shape index (κ1) is 22.8. The maximum absolute atomic E-state index is 14.4. The van der Waals surface area contributed by atoms with Gasteiger partial charge in [0, 0.05) is 31.0 Å². The van der Waals surface area contributed by atoms with Crippen LogP contribution in [0.15, 0.2) is 30.6 Å². The van der Waals surface area contributed by atoms with Crippen molar-refractivity contribution >= 4 is 29.0 Å². The van der Waals surface area contributed by atoms with Gasteiger partial charge in [-0.1, -0.05) is 6.07 Å². The highest BCUT2D eigenvalue weighted by atomic mass is 19.1. The number of nitrogens with one attached hydrogen (secondary N) is 1. The molecule has 0 fully saturated rings. The zero-order valence-electron chi connectivity index (χ0n) is 20.0. The fraction of sp³-hybridized carbons (Fsp3) is 0.360. The van der Waals surface area contributed by atoms with E-state index in [-0.39, 0.29) is 12.0 Å². The van der Waals surface area contributed by atoms with Crippen molar-refractivity contribution in [2.24, 2.45) is 0 Å². The molecule has 0 atom stereocenters. The van der Waals surface area contributed by atoms with E-state index in [1.54, 1.807) is 12.1 Å². The number of hydrogen-bond donors (Lipinski definition) is 1. The van der Waals surface area contributed by atoms with Crippen LogP contribution >= 0.6 is 0 Å². The molecule has 182 valence electrons. The zero-order valence-corrected chi connectivity index (χ0v) is 20.0. The number of carbonyl (C=O) groups excluding carboxylic acids is 1. The molecule has 10 heteroatoms. The first-order valence-electron chi connectivity index (χ1n) is 11.5. The van der Waals surface area contributed by atoms with Crippen LogP contribution in [0.4, 0.5) is 27.4 Å². The van der Waals surface area contributed by atoms with E-state index in [9.17, 15) is 9.18 Å². The summed E-state index contributed by atoms with van der Waals surface area (Å²) in [7, 11) is 3.34. The monoisotopic (exact) mass is 478 g/mol. The number of rotatable bonds is 5. The van der Waals surface area contributed by atoms with Crippen LogP contribution in [0.25, 0.3) is 0 Å². The van der Waals surface area contributed by atoms with E-state index in [0.717, 1.165) is 47.7 Å². The molecule has 0 amide bonds. The number of aromatic nitrogens is 3. The molecule has 1 aromatic carbocycles. The standard InChI is InChI=1S/C25H27FN6O3/c1-15-21(13-27-24-23(15)31(2)8-9-35-24)32-7-6-17-12-28-25(30-20(17)14-32)29-18-5-4-16(19(26)11-18)10-22(33)34-3/h4-5,11-13H,6-10,14H2,1-3H3,(H,28,29,30). The first-order chi connectivity index (χ1) is 16.9. The summed E-state index contributed by atoms with van der Waals surface area (Å²) in [5.74, 6) is 0.0831. The molecule has 5 rings (SSSR count). The lowest BCUT2D eigenvalue weighted by atomic mass is 10.0. The molecule has 1 N–H and O–H groups in total. The number of ether oxygens (including phenoxy) is 2. The van der Waals surface area contributed by atoms with Gasteiger partial charge in [-0.15, -0.1) is 0 Å². The van der Waals surface area contributed by atoms with Gasteiger partial charge in [-0.2, -0.15) is 0 Å². The Balaban J connectivity index is 1.35. The van der Waals surface area contributed by atoms with Gasteiger partial charge < -0.3 is 24.6 Å². The molecule has 9 nitrogen and oxygen atoms in total. The van der Waals surface area contributed by atoms with Crippen LogP contribution in [0.3, 0.4) is 0 Å². The minimum absolute atomic E-state index is 0.118. The highest BCUT2D eigenvalue weighted by Gasteiger charge is 2.25. The minimum Gasteiger partial charge on any atom is -0.474 e. The van der Waals surface area contributed by atoms with Crippen molar-refractivity contribution < 1.29 is 18.7 Å². The third kappa shape index (κ3) is 4.55. The molecule has 0 aliphatic carbocycles. The van der Waals surface area contributed by atoms with Gasteiger partial charge in [0.05, 0.1) is 44.2 Å². The average molecular weight is 479 g/mol. The van der Waals surface area contributed by atoms with E-state index in [1.807, 2.05) is 12.4 Å². The third-order valence-electron chi connectivity index (χ3n) is 6.45. The molecule has 2 aliphatic heterocycles. The number of halogens is 1. The lowest BCUT2D eigenvalue weighted by Gasteiger charge is -2.34. The van der Waals surface area contributed by atoms with Crippen molar-refractivity contribution in [1.82, 2.24) is 15.0 Å². The predicted octanol–water partition coefficient (Wildman–Crippen LogP) is 3.17. The topological polar surface area (TPSA) is 92.7 Å². The maximum atomic E-state index is 14.4. The van der Waals surface area contributed by atoms with Gasteiger partial charge >= 0.3 is 5.97 Å². The van der Waals surface area contributed by atoms with Crippen LogP contribution in [0.1, 0.15) is 22.4 Å². The number of esters is 1. The summed E-state index contributed by atoms with van der Waals surface area (Å²) in [6, 6.07) is 4.58. The van der Waals surface area contributed by atoms with Crippen molar-refractivity contribution in [2.45, 2.75) is 26.3 Å². The Bertz CT molecular complexity index is 1280. The molecular weight excluding hydrogens is 451 g/mol. The largest absolute Gasteiger partial charge is 0.474 e. The maximum Gasteiger partial charge on any atom is 0.310 e. The van der Waals surface area contributed by atoms with E-state index in [1.165, 1.54) is 13.2 Å². The number of likely N-dealkylation sites (N-methyl/N-ethyl adjacent to an activating group) is 1. The van der Waals surface area contributed by atoms with Crippen LogP contribution in [-0.2, 0) is 28.9 Å². The number of nitrogens with zero attached hydrogens (tertiary/aromatic N) is 5. The van der Waals surface area contributed by atoms with Crippen LogP contribution in [0, 0.1) is 12.7 Å². The van der Waals surface area contributed by atoms with Crippen LogP contribution < -0.4 is 19.9 Å². The average Bonchev–Trinajstić information content (AvgIpc) is 2.85. The van der Waals surface area contributed by atoms with Gasteiger partial charge in [0.2, 0.25) is 11.8 Å². The van der Waals surface area contributed by atoms with Crippen molar-refractivity contribution in [3.8, 4) is 5.88 Å². The Labute approximate surface area is 202 Å². The Hall–Kier alpha value is -3.95. The summed E-state index contributed by atoms with van der Waals surface area (Å²) in [5.41, 5.74) is 6.01. The van der Waals surface area contributed by atoms with Crippen molar-refractivity contribution in [3.05, 3.63) is 58.8 Å². The Morgan fingerprint density at radius 3 is 2.91 bits per heavy atom. The van der Waals surface area contributed by atoms with Crippen molar-refractivity contribution in [1.29, 1.82) is 0 Å². The van der Waals surface area contributed by atoms with Gasteiger partial charge in [0.1, 0.15) is 18.1 Å². The molecule has 0 unspecified atom stereocenters. The van der Waals surface area contributed by atoms with Crippen LogP contribution in [-0.4, -0.2) is 54.8 Å². The van der Waals surface area contributed by atoms with Crippen molar-refractivity contribution in [3.63, 3.8) is 0 Å². The number of carbonyl (C=O) groups is 1. The Morgan fingerprint density at radius 2 is 2.11 bits per heavy atom. The molecule has 2 aromatic heterocycles. The van der Waals surface area contributed by atoms with Crippen LogP contribution in [0.2, 0.25) is 0 Å². The number of anilines is 4. The number of fused-ring (bicyclic) bond motifs is 2. The Morgan fingerprint density at radius 1 is 1.26 bits per heavy atom. The summed E-state index contributed by atoms with van der Waals surface area (Å²) < 4.78 is 24.8. The smallest absolute Gasteiger partial charge is 0.310 e. The molecule has 35 heavy (non-hydrogen) atoms. The summed E-state index contributed by atoms with van der Waals surface area (Å²) in [6.45, 7) is 5.01. The van der Waals surface area contributed by atoms with Gasteiger partial charge in [-0.05, 0) is 36.6 Å². The van der Waals surface area contributed by atoms with E-state index in [0.29, 0.717) is 30.7 Å². The molecule has 4 heterocycles. The van der Waals surface area contributed by atoms with Crippen molar-refractivity contribution in [2.75, 3.05) is 49.0 Å². The molecule has 3 aromatic rings. The van der Waals surface area contributed by atoms with Crippen LogP contribution in [0.5, 0.6) is 5.88 Å². The molecule has 0 radical (unpaired) electrons. The molecular formula is C25H27FN6O3. The van der Waals surface area contributed by atoms with Gasteiger partial charge in [-0.3, -0.25) is 4.79 Å².